The Balaban J connectivity index is 1.52. The van der Waals surface area contributed by atoms with E-state index in [-0.39, 0.29) is 23.3 Å². The first kappa shape index (κ1) is 21.2. The molecule has 1 fully saturated rings. The average Bonchev–Trinajstić information content (AvgIpc) is 2.75. The molecule has 0 aromatic heterocycles. The molecular weight excluding hydrogens is 424 g/mol. The van der Waals surface area contributed by atoms with E-state index in [1.54, 1.807) is 24.3 Å². The van der Waals surface area contributed by atoms with Crippen molar-refractivity contribution >= 4 is 33.2 Å². The van der Waals surface area contributed by atoms with Gasteiger partial charge in [0, 0.05) is 23.8 Å². The van der Waals surface area contributed by atoms with Crippen LogP contribution in [0.3, 0.4) is 0 Å². The summed E-state index contributed by atoms with van der Waals surface area (Å²) in [7, 11) is -3.56. The van der Waals surface area contributed by atoms with Crippen molar-refractivity contribution in [3.63, 3.8) is 0 Å². The minimum Gasteiger partial charge on any atom is -0.492 e. The Labute approximate surface area is 182 Å². The third kappa shape index (κ3) is 4.33. The number of carbonyl (C=O) groups excluding carboxylic acids is 1. The molecule has 2 heterocycles. The predicted molar refractivity (Wildman–Crippen MR) is 117 cm³/mol. The number of hydrogen-bond donors (Lipinski definition) is 1. The Kier molecular flexibility index (Phi) is 6.04. The standard InChI is InChI=1S/C22H25ClN2O4S/c1-15-5-7-19(30(27,28)25-9-3-2-4-10-25)13-20(15)24-22(26)17-11-16-12-18(23)6-8-21(16)29-14-17/h5-8,12-13,17H,2-4,9-11,14H2,1H3,(H,24,26). The van der Waals surface area contributed by atoms with Gasteiger partial charge in [-0.3, -0.25) is 4.79 Å². The normalized spacial score (nSPS) is 19.6. The molecule has 6 nitrogen and oxygen atoms in total. The molecule has 160 valence electrons. The minimum absolute atomic E-state index is 0.198. The number of aryl methyl sites for hydroxylation is 1. The van der Waals surface area contributed by atoms with Crippen molar-refractivity contribution in [3.8, 4) is 5.75 Å². The molecule has 0 aliphatic carbocycles. The zero-order valence-corrected chi connectivity index (χ0v) is 18.4. The van der Waals surface area contributed by atoms with E-state index in [1.165, 1.54) is 4.31 Å². The number of hydrogen-bond acceptors (Lipinski definition) is 4. The van der Waals surface area contributed by atoms with Crippen molar-refractivity contribution in [1.82, 2.24) is 4.31 Å². The summed E-state index contributed by atoms with van der Waals surface area (Å²) in [5, 5.41) is 3.51. The number of piperidine rings is 1. The molecule has 1 atom stereocenters. The third-order valence-electron chi connectivity index (χ3n) is 5.72. The number of rotatable bonds is 4. The average molecular weight is 449 g/mol. The van der Waals surface area contributed by atoms with E-state index in [0.717, 1.165) is 36.1 Å². The molecule has 30 heavy (non-hydrogen) atoms. The Morgan fingerprint density at radius 1 is 1.13 bits per heavy atom. The zero-order chi connectivity index (χ0) is 21.3. The van der Waals surface area contributed by atoms with Crippen LogP contribution < -0.4 is 10.1 Å². The lowest BCUT2D eigenvalue weighted by molar-refractivity contribution is -0.121. The number of nitrogens with zero attached hydrogens (tertiary/aromatic N) is 1. The molecule has 2 aromatic rings. The molecule has 2 aromatic carbocycles. The molecule has 1 unspecified atom stereocenters. The van der Waals surface area contributed by atoms with Gasteiger partial charge in [-0.2, -0.15) is 4.31 Å². The number of anilines is 1. The summed E-state index contributed by atoms with van der Waals surface area (Å²) in [6, 6.07) is 10.3. The van der Waals surface area contributed by atoms with Crippen molar-refractivity contribution < 1.29 is 17.9 Å². The topological polar surface area (TPSA) is 75.7 Å². The first-order valence-electron chi connectivity index (χ1n) is 10.2. The summed E-state index contributed by atoms with van der Waals surface area (Å²) in [5.74, 6) is 0.170. The Bertz CT molecular complexity index is 1060. The fourth-order valence-corrected chi connectivity index (χ4v) is 5.66. The molecule has 2 aliphatic heterocycles. The number of carbonyl (C=O) groups is 1. The van der Waals surface area contributed by atoms with Gasteiger partial charge in [-0.1, -0.05) is 24.1 Å². The van der Waals surface area contributed by atoms with Gasteiger partial charge < -0.3 is 10.1 Å². The molecule has 8 heteroatoms. The summed E-state index contributed by atoms with van der Waals surface area (Å²) >= 11 is 6.06. The number of nitrogens with one attached hydrogen (secondary N) is 1. The quantitative estimate of drug-likeness (QED) is 0.766. The maximum Gasteiger partial charge on any atom is 0.243 e. The Morgan fingerprint density at radius 3 is 2.67 bits per heavy atom. The van der Waals surface area contributed by atoms with Gasteiger partial charge in [0.1, 0.15) is 12.4 Å². The van der Waals surface area contributed by atoms with E-state index in [4.69, 9.17) is 16.3 Å². The van der Waals surface area contributed by atoms with Gasteiger partial charge in [-0.05, 0) is 67.6 Å². The summed E-state index contributed by atoms with van der Waals surface area (Å²) < 4.78 is 33.2. The Morgan fingerprint density at radius 2 is 1.90 bits per heavy atom. The smallest absolute Gasteiger partial charge is 0.243 e. The number of amides is 1. The number of halogens is 1. The lowest BCUT2D eigenvalue weighted by atomic mass is 9.96. The number of sulfonamides is 1. The van der Waals surface area contributed by atoms with Crippen molar-refractivity contribution in [2.45, 2.75) is 37.5 Å². The molecule has 0 bridgehead atoms. The van der Waals surface area contributed by atoms with E-state index >= 15 is 0 Å². The lowest BCUT2D eigenvalue weighted by Crippen LogP contribution is -2.35. The summed E-state index contributed by atoms with van der Waals surface area (Å²) in [6.45, 7) is 3.20. The fourth-order valence-electron chi connectivity index (χ4n) is 3.92. The molecule has 1 saturated heterocycles. The van der Waals surface area contributed by atoms with Crippen LogP contribution in [-0.2, 0) is 21.2 Å². The van der Waals surface area contributed by atoms with E-state index in [1.807, 2.05) is 19.1 Å². The number of fused-ring (bicyclic) bond motifs is 1. The van der Waals surface area contributed by atoms with Gasteiger partial charge in [0.25, 0.3) is 0 Å². The lowest BCUT2D eigenvalue weighted by Gasteiger charge is -2.27. The van der Waals surface area contributed by atoms with E-state index < -0.39 is 10.0 Å². The highest BCUT2D eigenvalue weighted by molar-refractivity contribution is 7.89. The van der Waals surface area contributed by atoms with Crippen LogP contribution in [0.15, 0.2) is 41.3 Å². The van der Waals surface area contributed by atoms with Gasteiger partial charge in [0.2, 0.25) is 15.9 Å². The second kappa shape index (κ2) is 8.57. The molecule has 0 radical (unpaired) electrons. The maximum atomic E-state index is 13.0. The fraction of sp³-hybridized carbons (Fsp3) is 0.409. The van der Waals surface area contributed by atoms with Crippen LogP contribution in [-0.4, -0.2) is 38.3 Å². The largest absolute Gasteiger partial charge is 0.492 e. The predicted octanol–water partition coefficient (Wildman–Crippen LogP) is 4.01. The molecule has 1 amide bonds. The van der Waals surface area contributed by atoms with Crippen LogP contribution in [0.5, 0.6) is 5.75 Å². The monoisotopic (exact) mass is 448 g/mol. The first-order chi connectivity index (χ1) is 14.3. The van der Waals surface area contributed by atoms with E-state index in [9.17, 15) is 13.2 Å². The molecule has 1 N–H and O–H groups in total. The van der Waals surface area contributed by atoms with Crippen LogP contribution in [0.4, 0.5) is 5.69 Å². The van der Waals surface area contributed by atoms with Crippen LogP contribution in [0.2, 0.25) is 5.02 Å². The van der Waals surface area contributed by atoms with Gasteiger partial charge >= 0.3 is 0 Å². The highest BCUT2D eigenvalue weighted by Crippen LogP contribution is 2.31. The van der Waals surface area contributed by atoms with Gasteiger partial charge in [0.05, 0.1) is 10.8 Å². The molecule has 2 aliphatic rings. The summed E-state index contributed by atoms with van der Waals surface area (Å²) in [5.41, 5.74) is 2.21. The second-order valence-corrected chi connectivity index (χ2v) is 10.3. The minimum atomic E-state index is -3.56. The van der Waals surface area contributed by atoms with Crippen LogP contribution in [0, 0.1) is 12.8 Å². The van der Waals surface area contributed by atoms with Crippen molar-refractivity contribution in [2.75, 3.05) is 25.0 Å². The molecular formula is C22H25ClN2O4S. The Hall–Kier alpha value is -2.09. The summed E-state index contributed by atoms with van der Waals surface area (Å²) in [6.07, 6.45) is 3.33. The highest BCUT2D eigenvalue weighted by Gasteiger charge is 2.29. The van der Waals surface area contributed by atoms with Crippen molar-refractivity contribution in [1.29, 1.82) is 0 Å². The number of ether oxygens (including phenoxy) is 1. The van der Waals surface area contributed by atoms with Crippen LogP contribution in [0.1, 0.15) is 30.4 Å². The van der Waals surface area contributed by atoms with Crippen LogP contribution in [0.25, 0.3) is 0 Å². The molecule has 4 rings (SSSR count). The second-order valence-electron chi connectivity index (χ2n) is 7.89. The van der Waals surface area contributed by atoms with Crippen LogP contribution >= 0.6 is 11.6 Å². The van der Waals surface area contributed by atoms with Crippen molar-refractivity contribution in [2.24, 2.45) is 5.92 Å². The van der Waals surface area contributed by atoms with E-state index in [0.29, 0.717) is 30.2 Å². The zero-order valence-electron chi connectivity index (χ0n) is 16.9. The van der Waals surface area contributed by atoms with Crippen molar-refractivity contribution in [3.05, 3.63) is 52.5 Å². The third-order valence-corrected chi connectivity index (χ3v) is 7.85. The van der Waals surface area contributed by atoms with Gasteiger partial charge in [-0.15, -0.1) is 0 Å². The SMILES string of the molecule is Cc1ccc(S(=O)(=O)N2CCCCC2)cc1NC(=O)C1COc2ccc(Cl)cc2C1. The highest BCUT2D eigenvalue weighted by atomic mass is 35.5. The molecule has 0 spiro atoms. The van der Waals surface area contributed by atoms with Gasteiger partial charge in [0.15, 0.2) is 0 Å². The maximum absolute atomic E-state index is 13.0. The number of benzene rings is 2. The summed E-state index contributed by atoms with van der Waals surface area (Å²) in [4.78, 5) is 13.1. The van der Waals surface area contributed by atoms with E-state index in [2.05, 4.69) is 5.32 Å². The first-order valence-corrected chi connectivity index (χ1v) is 12.0. The molecule has 0 saturated carbocycles. The van der Waals surface area contributed by atoms with Gasteiger partial charge in [-0.25, -0.2) is 8.42 Å².